The highest BCUT2D eigenvalue weighted by Crippen LogP contribution is 2.28. The van der Waals surface area contributed by atoms with Gasteiger partial charge in [0.05, 0.1) is 6.54 Å². The van der Waals surface area contributed by atoms with Crippen molar-refractivity contribution in [2.45, 2.75) is 169 Å². The first-order chi connectivity index (χ1) is 33.0. The number of hydrogen-bond donors (Lipinski definition) is 5. The zero-order valence-electron chi connectivity index (χ0n) is 43.6. The zero-order chi connectivity index (χ0) is 52.8. The normalized spacial score (nSPS) is 26.1. The number of nitrogens with zero attached hydrogens (tertiary/aromatic N) is 3. The van der Waals surface area contributed by atoms with Gasteiger partial charge in [-0.3, -0.25) is 24.0 Å². The molecule has 0 fully saturated rings. The van der Waals surface area contributed by atoms with Gasteiger partial charge in [-0.2, -0.15) is 0 Å². The lowest BCUT2D eigenvalue weighted by atomic mass is 9.87. The van der Waals surface area contributed by atoms with Crippen LogP contribution >= 0.6 is 0 Å². The molecule has 2 rings (SSSR count). The maximum atomic E-state index is 14.3. The standard InChI is InChI=1S/C52H82N6O12/c1-13-33(5)44-47(62)54-38(10)51(66)70-45(34(6)14-2)36(8)40(58(52(67)68)27-21-16-15-17-22-28-59)26-25-35(7)50(65)69-42(29-32(3)4)46(61)53-37(9)48(63)57(12)41(30-39-23-19-18-20-24-39)49(64)56(11)31-43(60)55-44/h14,18-20,23-25,32-33,36-38,40-42,44-45,59H,13,15-17,21-22,26-31H2,1-12H3,(H,53,61)(H,54,62)(H,55,60)(H,67,68)/b34-14+,35-25+/t33?,36-,37-,38+,40-,41+,42+,44-,45+/m0/s1. The summed E-state index contributed by atoms with van der Waals surface area (Å²) in [4.78, 5) is 115. The summed E-state index contributed by atoms with van der Waals surface area (Å²) in [5.74, 6) is -6.24. The number of carbonyl (C=O) groups excluding carboxylic acids is 7. The fraction of sp³-hybridized carbons (Fsp3) is 0.654. The number of rotatable bonds is 15. The number of cyclic esters (lactones) is 2. The number of ether oxygens (including phenoxy) is 2. The predicted octanol–water partition coefficient (Wildman–Crippen LogP) is 5.17. The highest BCUT2D eigenvalue weighted by molar-refractivity contribution is 5.96. The van der Waals surface area contributed by atoms with E-state index >= 15 is 0 Å². The first-order valence-electron chi connectivity index (χ1n) is 24.8. The molecule has 18 nitrogen and oxygen atoms in total. The summed E-state index contributed by atoms with van der Waals surface area (Å²) >= 11 is 0. The van der Waals surface area contributed by atoms with Crippen molar-refractivity contribution in [2.24, 2.45) is 17.8 Å². The molecule has 1 aliphatic heterocycles. The van der Waals surface area contributed by atoms with Gasteiger partial charge in [0.2, 0.25) is 23.6 Å². The Morgan fingerprint density at radius 1 is 0.871 bits per heavy atom. The number of carbonyl (C=O) groups is 8. The van der Waals surface area contributed by atoms with E-state index in [4.69, 9.17) is 9.47 Å². The molecule has 9 atom stereocenters. The van der Waals surface area contributed by atoms with Gasteiger partial charge in [-0.15, -0.1) is 0 Å². The van der Waals surface area contributed by atoms with Gasteiger partial charge < -0.3 is 50.3 Å². The number of likely N-dealkylation sites (N-methyl/N-ethyl adjacent to an activating group) is 2. The fourth-order valence-electron chi connectivity index (χ4n) is 8.29. The lowest BCUT2D eigenvalue weighted by molar-refractivity contribution is -0.154. The van der Waals surface area contributed by atoms with Gasteiger partial charge in [-0.05, 0) is 83.3 Å². The van der Waals surface area contributed by atoms with Crippen molar-refractivity contribution in [3.63, 3.8) is 0 Å². The van der Waals surface area contributed by atoms with Crippen molar-refractivity contribution in [3.8, 4) is 0 Å². The second-order valence-electron chi connectivity index (χ2n) is 19.2. The van der Waals surface area contributed by atoms with Crippen LogP contribution in [0, 0.1) is 17.8 Å². The van der Waals surface area contributed by atoms with Crippen molar-refractivity contribution < 1.29 is 58.0 Å². The first-order valence-corrected chi connectivity index (χ1v) is 24.8. The Bertz CT molecular complexity index is 1970. The van der Waals surface area contributed by atoms with Crippen molar-refractivity contribution in [1.29, 1.82) is 0 Å². The smallest absolute Gasteiger partial charge is 0.407 e. The van der Waals surface area contributed by atoms with Crippen molar-refractivity contribution in [3.05, 3.63) is 59.2 Å². The molecular weight excluding hydrogens is 901 g/mol. The quantitative estimate of drug-likeness (QED) is 0.0870. The average Bonchev–Trinajstić information content (AvgIpc) is 3.32. The van der Waals surface area contributed by atoms with Crippen LogP contribution in [0.25, 0.3) is 0 Å². The zero-order valence-corrected chi connectivity index (χ0v) is 43.6. The number of hydrogen-bond acceptors (Lipinski definition) is 11. The third-order valence-corrected chi connectivity index (χ3v) is 13.0. The van der Waals surface area contributed by atoms with Crippen LogP contribution in [0.4, 0.5) is 4.79 Å². The molecule has 0 saturated heterocycles. The molecule has 6 amide bonds. The molecule has 0 aliphatic carbocycles. The topological polar surface area (TPSA) is 241 Å². The number of aliphatic hydroxyl groups is 1. The molecule has 18 heteroatoms. The van der Waals surface area contributed by atoms with Crippen LogP contribution < -0.4 is 16.0 Å². The maximum absolute atomic E-state index is 14.3. The van der Waals surface area contributed by atoms with Crippen LogP contribution in [-0.2, 0) is 49.5 Å². The number of unbranched alkanes of at least 4 members (excludes halogenated alkanes) is 4. The molecule has 0 saturated carbocycles. The summed E-state index contributed by atoms with van der Waals surface area (Å²) in [6.45, 7) is 16.6. The van der Waals surface area contributed by atoms with Crippen molar-refractivity contribution >= 4 is 47.6 Å². The Hall–Kier alpha value is -5.78. The van der Waals surface area contributed by atoms with Crippen LogP contribution in [0.2, 0.25) is 0 Å². The van der Waals surface area contributed by atoms with E-state index in [2.05, 4.69) is 16.0 Å². The highest BCUT2D eigenvalue weighted by Gasteiger charge is 2.39. The second-order valence-corrected chi connectivity index (χ2v) is 19.2. The summed E-state index contributed by atoms with van der Waals surface area (Å²) in [7, 11) is 2.83. The van der Waals surface area contributed by atoms with Gasteiger partial charge in [-0.25, -0.2) is 14.4 Å². The predicted molar refractivity (Wildman–Crippen MR) is 266 cm³/mol. The van der Waals surface area contributed by atoms with Crippen molar-refractivity contribution in [1.82, 2.24) is 30.7 Å². The molecule has 0 spiro atoms. The van der Waals surface area contributed by atoms with Gasteiger partial charge in [0, 0.05) is 51.2 Å². The lowest BCUT2D eigenvalue weighted by Gasteiger charge is -2.38. The number of aliphatic hydroxyl groups excluding tert-OH is 1. The molecule has 392 valence electrons. The number of carboxylic acid groups (broad SMARTS) is 1. The molecule has 1 aliphatic rings. The van der Waals surface area contributed by atoms with Gasteiger partial charge >= 0.3 is 18.0 Å². The average molecular weight is 983 g/mol. The Morgan fingerprint density at radius 3 is 2.07 bits per heavy atom. The summed E-state index contributed by atoms with van der Waals surface area (Å²) in [5.41, 5.74) is 1.40. The molecule has 1 unspecified atom stereocenters. The second kappa shape index (κ2) is 30.1. The lowest BCUT2D eigenvalue weighted by Crippen LogP contribution is -2.57. The Kier molecular flexibility index (Phi) is 25.9. The molecular formula is C52H82N6O12. The molecule has 0 bridgehead atoms. The van der Waals surface area contributed by atoms with Gasteiger partial charge in [0.15, 0.2) is 6.10 Å². The van der Waals surface area contributed by atoms with Crippen LogP contribution in [0.1, 0.15) is 126 Å². The summed E-state index contributed by atoms with van der Waals surface area (Å²) in [6.07, 6.45) is 3.69. The van der Waals surface area contributed by atoms with E-state index < -0.39 is 108 Å². The van der Waals surface area contributed by atoms with E-state index in [9.17, 15) is 48.6 Å². The minimum absolute atomic E-state index is 0.0243. The molecule has 1 aromatic carbocycles. The Morgan fingerprint density at radius 2 is 1.49 bits per heavy atom. The van der Waals surface area contributed by atoms with Gasteiger partial charge in [-0.1, -0.05) is 103 Å². The SMILES string of the molecule is C/C=C(\C)[C@H]1OC(=O)[C@@H](C)NC(=O)[C@H](C(C)CC)NC(=O)CN(C)C(=O)[C@@H](Cc2ccccc2)N(C)C(=O)[C@H](C)NC(=O)[C@@H](CC(C)C)OC(=O)/C(C)=C/C[C@H](N(CCCCCCCO)C(=O)O)[C@@H]1C. The first kappa shape index (κ1) is 60.3. The van der Waals surface area contributed by atoms with Crippen LogP contribution in [0.3, 0.4) is 0 Å². The van der Waals surface area contributed by atoms with E-state index in [0.717, 1.165) is 23.3 Å². The fourth-order valence-corrected chi connectivity index (χ4v) is 8.29. The number of amides is 6. The molecule has 1 aromatic rings. The van der Waals surface area contributed by atoms with Gasteiger partial charge in [0.1, 0.15) is 30.3 Å². The van der Waals surface area contributed by atoms with E-state index in [1.165, 1.54) is 50.7 Å². The van der Waals surface area contributed by atoms with Gasteiger partial charge in [0.25, 0.3) is 5.91 Å². The van der Waals surface area contributed by atoms with E-state index in [1.807, 2.05) is 26.8 Å². The minimum Gasteiger partial charge on any atom is -0.465 e. The molecule has 1 heterocycles. The van der Waals surface area contributed by atoms with Crippen LogP contribution in [-0.4, -0.2) is 149 Å². The summed E-state index contributed by atoms with van der Waals surface area (Å²) < 4.78 is 12.0. The maximum Gasteiger partial charge on any atom is 0.407 e. The summed E-state index contributed by atoms with van der Waals surface area (Å²) in [6, 6.07) is 3.41. The summed E-state index contributed by atoms with van der Waals surface area (Å²) in [5, 5.41) is 28.0. The molecule has 0 radical (unpaired) electrons. The Labute approximate surface area is 415 Å². The number of nitrogens with one attached hydrogen (secondary N) is 3. The number of allylic oxidation sites excluding steroid dienone is 1. The van der Waals surface area contributed by atoms with E-state index in [-0.39, 0.29) is 43.9 Å². The monoisotopic (exact) mass is 983 g/mol. The number of esters is 2. The number of benzene rings is 1. The third-order valence-electron chi connectivity index (χ3n) is 13.0. The van der Waals surface area contributed by atoms with Crippen LogP contribution in [0.15, 0.2) is 53.6 Å². The molecule has 0 aromatic heterocycles. The van der Waals surface area contributed by atoms with Crippen molar-refractivity contribution in [2.75, 3.05) is 33.8 Å². The minimum atomic E-state index is -1.33. The molecule has 70 heavy (non-hydrogen) atoms. The highest BCUT2D eigenvalue weighted by atomic mass is 16.6. The van der Waals surface area contributed by atoms with E-state index in [1.54, 1.807) is 58.0 Å². The van der Waals surface area contributed by atoms with Crippen LogP contribution in [0.5, 0.6) is 0 Å². The Balaban J connectivity index is 2.77. The van der Waals surface area contributed by atoms with E-state index in [0.29, 0.717) is 31.3 Å². The molecule has 5 N–H and O–H groups in total. The largest absolute Gasteiger partial charge is 0.465 e. The third kappa shape index (κ3) is 18.9.